The maximum atomic E-state index is 11.7. The van der Waals surface area contributed by atoms with Crippen LogP contribution in [0.2, 0.25) is 10.0 Å². The van der Waals surface area contributed by atoms with Crippen molar-refractivity contribution >= 4 is 46.8 Å². The van der Waals surface area contributed by atoms with Gasteiger partial charge in [0.2, 0.25) is 11.9 Å². The van der Waals surface area contributed by atoms with Crippen LogP contribution in [0, 0.1) is 0 Å². The first-order chi connectivity index (χ1) is 11.3. The zero-order chi connectivity index (χ0) is 17.5. The average Bonchev–Trinajstić information content (AvgIpc) is 2.50. The summed E-state index contributed by atoms with van der Waals surface area (Å²) in [6, 6.07) is 2.80. The summed E-state index contributed by atoms with van der Waals surface area (Å²) in [6.07, 6.45) is 4.34. The standard InChI is InChI=1S/C15H17Cl2N5O2/c16-9-6-8(12(23)24)11(7-10(9)17)22-14(19)20-13(18)21-15(22)4-2-1-3-5-15/h6-7H,1-5H2,(H,23,24)(H4,18,19,20,21). The van der Waals surface area contributed by atoms with Gasteiger partial charge in [-0.25, -0.2) is 9.79 Å². The third-order valence-electron chi connectivity index (χ3n) is 4.36. The number of benzene rings is 1. The van der Waals surface area contributed by atoms with Gasteiger partial charge in [0.05, 0.1) is 21.3 Å². The topological polar surface area (TPSA) is 117 Å². The van der Waals surface area contributed by atoms with Crippen LogP contribution in [-0.4, -0.2) is 28.7 Å². The number of carboxylic acids is 1. The highest BCUT2D eigenvalue weighted by molar-refractivity contribution is 6.42. The lowest BCUT2D eigenvalue weighted by Gasteiger charge is -2.46. The monoisotopic (exact) mass is 369 g/mol. The smallest absolute Gasteiger partial charge is 0.337 e. The molecule has 1 heterocycles. The molecule has 1 aromatic rings. The average molecular weight is 370 g/mol. The van der Waals surface area contributed by atoms with E-state index in [1.54, 1.807) is 4.90 Å². The summed E-state index contributed by atoms with van der Waals surface area (Å²) in [6.45, 7) is 0. The highest BCUT2D eigenvalue weighted by atomic mass is 35.5. The van der Waals surface area contributed by atoms with Gasteiger partial charge in [0.15, 0.2) is 0 Å². The number of nitrogens with two attached hydrogens (primary N) is 2. The Morgan fingerprint density at radius 1 is 1.17 bits per heavy atom. The van der Waals surface area contributed by atoms with E-state index in [4.69, 9.17) is 34.7 Å². The van der Waals surface area contributed by atoms with Crippen molar-refractivity contribution in [3.63, 3.8) is 0 Å². The molecule has 0 amide bonds. The third kappa shape index (κ3) is 2.78. The summed E-state index contributed by atoms with van der Waals surface area (Å²) < 4.78 is 0. The molecule has 0 unspecified atom stereocenters. The van der Waals surface area contributed by atoms with Crippen LogP contribution in [0.15, 0.2) is 22.1 Å². The summed E-state index contributed by atoms with van der Waals surface area (Å²) in [5.41, 5.74) is 11.5. The lowest BCUT2D eigenvalue weighted by molar-refractivity contribution is 0.0697. The molecule has 3 rings (SSSR count). The highest BCUT2D eigenvalue weighted by Gasteiger charge is 2.44. The van der Waals surface area contributed by atoms with E-state index in [0.29, 0.717) is 18.5 Å². The summed E-state index contributed by atoms with van der Waals surface area (Å²) in [4.78, 5) is 21.9. The first-order valence-electron chi connectivity index (χ1n) is 7.56. The molecule has 9 heteroatoms. The number of hydrogen-bond acceptors (Lipinski definition) is 6. The Hall–Kier alpha value is -1.99. The second-order valence-electron chi connectivity index (χ2n) is 5.91. The minimum absolute atomic E-state index is 0.0110. The van der Waals surface area contributed by atoms with E-state index >= 15 is 0 Å². The number of guanidine groups is 2. The molecule has 1 aliphatic carbocycles. The van der Waals surface area contributed by atoms with Crippen LogP contribution in [0.3, 0.4) is 0 Å². The maximum Gasteiger partial charge on any atom is 0.337 e. The van der Waals surface area contributed by atoms with E-state index in [1.807, 2.05) is 0 Å². The number of rotatable bonds is 2. The van der Waals surface area contributed by atoms with Crippen molar-refractivity contribution < 1.29 is 9.90 Å². The van der Waals surface area contributed by atoms with Crippen molar-refractivity contribution in [3.8, 4) is 0 Å². The Morgan fingerprint density at radius 3 is 2.42 bits per heavy atom. The van der Waals surface area contributed by atoms with E-state index in [2.05, 4.69) is 9.98 Å². The molecule has 5 N–H and O–H groups in total. The second kappa shape index (κ2) is 6.14. The molecule has 1 aromatic carbocycles. The van der Waals surface area contributed by atoms with E-state index in [-0.39, 0.29) is 27.5 Å². The molecule has 0 atom stereocenters. The number of nitrogens with zero attached hydrogens (tertiary/aromatic N) is 3. The lowest BCUT2D eigenvalue weighted by atomic mass is 9.87. The Kier molecular flexibility index (Phi) is 4.31. The Labute approximate surface area is 148 Å². The highest BCUT2D eigenvalue weighted by Crippen LogP contribution is 2.42. The number of hydrogen-bond donors (Lipinski definition) is 3. The van der Waals surface area contributed by atoms with Gasteiger partial charge in [-0.2, -0.15) is 4.99 Å². The number of carboxylic acid groups (broad SMARTS) is 1. The summed E-state index contributed by atoms with van der Waals surface area (Å²) in [5, 5.41) is 9.96. The van der Waals surface area contributed by atoms with Crippen LogP contribution in [-0.2, 0) is 0 Å². The molecule has 1 aliphatic heterocycles. The molecule has 128 valence electrons. The molecule has 0 bridgehead atoms. The molecule has 1 spiro atoms. The van der Waals surface area contributed by atoms with Gasteiger partial charge in [-0.15, -0.1) is 0 Å². The quantitative estimate of drug-likeness (QED) is 0.740. The largest absolute Gasteiger partial charge is 0.478 e. The Balaban J connectivity index is 2.21. The van der Waals surface area contributed by atoms with Crippen molar-refractivity contribution in [2.24, 2.45) is 21.5 Å². The van der Waals surface area contributed by atoms with Gasteiger partial charge in [-0.3, -0.25) is 4.90 Å². The zero-order valence-corrected chi connectivity index (χ0v) is 14.3. The van der Waals surface area contributed by atoms with Gasteiger partial charge in [0.1, 0.15) is 5.66 Å². The van der Waals surface area contributed by atoms with Gasteiger partial charge in [-0.1, -0.05) is 29.6 Å². The summed E-state index contributed by atoms with van der Waals surface area (Å²) in [5.74, 6) is -0.933. The molecule has 0 aromatic heterocycles. The van der Waals surface area contributed by atoms with Crippen molar-refractivity contribution in [1.29, 1.82) is 0 Å². The number of anilines is 1. The number of aliphatic imine (C=N–C) groups is 2. The first kappa shape index (κ1) is 16.9. The molecular weight excluding hydrogens is 353 g/mol. The molecule has 24 heavy (non-hydrogen) atoms. The fourth-order valence-electron chi connectivity index (χ4n) is 3.36. The lowest BCUT2D eigenvalue weighted by Crippen LogP contribution is -2.58. The van der Waals surface area contributed by atoms with Crippen LogP contribution in [0.1, 0.15) is 42.5 Å². The van der Waals surface area contributed by atoms with Gasteiger partial charge in [0.25, 0.3) is 0 Å². The van der Waals surface area contributed by atoms with Crippen LogP contribution in [0.4, 0.5) is 5.69 Å². The predicted octanol–water partition coefficient (Wildman–Crippen LogP) is 2.80. The second-order valence-corrected chi connectivity index (χ2v) is 6.72. The van der Waals surface area contributed by atoms with E-state index in [9.17, 15) is 9.90 Å². The fourth-order valence-corrected chi connectivity index (χ4v) is 3.68. The van der Waals surface area contributed by atoms with Gasteiger partial charge in [-0.05, 0) is 37.8 Å². The molecular formula is C15H17Cl2N5O2. The van der Waals surface area contributed by atoms with Crippen LogP contribution >= 0.6 is 23.2 Å². The first-order valence-corrected chi connectivity index (χ1v) is 8.32. The SMILES string of the molecule is NC1=NC2(CCCCC2)N(c2cc(Cl)c(Cl)cc2C(=O)O)C(N)=N1. The van der Waals surface area contributed by atoms with E-state index in [0.717, 1.165) is 19.3 Å². The number of carbonyl (C=O) groups is 1. The Bertz CT molecular complexity index is 756. The zero-order valence-electron chi connectivity index (χ0n) is 12.8. The molecule has 7 nitrogen and oxygen atoms in total. The van der Waals surface area contributed by atoms with Gasteiger partial charge >= 0.3 is 5.97 Å². The predicted molar refractivity (Wildman–Crippen MR) is 95.0 cm³/mol. The third-order valence-corrected chi connectivity index (χ3v) is 5.08. The molecule has 1 saturated carbocycles. The normalized spacial score (nSPS) is 19.8. The van der Waals surface area contributed by atoms with Crippen molar-refractivity contribution in [1.82, 2.24) is 0 Å². The van der Waals surface area contributed by atoms with E-state index in [1.165, 1.54) is 12.1 Å². The van der Waals surface area contributed by atoms with Crippen LogP contribution in [0.5, 0.6) is 0 Å². The van der Waals surface area contributed by atoms with Crippen LogP contribution < -0.4 is 16.4 Å². The van der Waals surface area contributed by atoms with Crippen molar-refractivity contribution in [3.05, 3.63) is 27.7 Å². The van der Waals surface area contributed by atoms with Crippen molar-refractivity contribution in [2.75, 3.05) is 4.90 Å². The van der Waals surface area contributed by atoms with Crippen LogP contribution in [0.25, 0.3) is 0 Å². The minimum atomic E-state index is -1.13. The fraction of sp³-hybridized carbons (Fsp3) is 0.400. The minimum Gasteiger partial charge on any atom is -0.478 e. The Morgan fingerprint density at radius 2 is 1.79 bits per heavy atom. The number of halogens is 2. The summed E-state index contributed by atoms with van der Waals surface area (Å²) >= 11 is 12.1. The van der Waals surface area contributed by atoms with Crippen molar-refractivity contribution in [2.45, 2.75) is 37.8 Å². The molecule has 0 radical (unpaired) electrons. The maximum absolute atomic E-state index is 11.7. The van der Waals surface area contributed by atoms with Gasteiger partial charge in [0, 0.05) is 0 Å². The molecule has 1 fully saturated rings. The van der Waals surface area contributed by atoms with Gasteiger partial charge < -0.3 is 16.6 Å². The molecule has 2 aliphatic rings. The molecule has 0 saturated heterocycles. The number of aromatic carboxylic acids is 1. The van der Waals surface area contributed by atoms with E-state index < -0.39 is 11.6 Å². The summed E-state index contributed by atoms with van der Waals surface area (Å²) in [7, 11) is 0.